The van der Waals surface area contributed by atoms with Crippen molar-refractivity contribution >= 4 is 50.1 Å². The highest BCUT2D eigenvalue weighted by Gasteiger charge is 2.50. The number of hydrogen-bond donors (Lipinski definition) is 2. The molecular formula is C51H61N7O8S2. The van der Waals surface area contributed by atoms with E-state index in [9.17, 15) is 23.3 Å². The van der Waals surface area contributed by atoms with Gasteiger partial charge in [-0.3, -0.25) is 19.8 Å². The van der Waals surface area contributed by atoms with Gasteiger partial charge in [-0.05, 0) is 116 Å². The van der Waals surface area contributed by atoms with Gasteiger partial charge in [0.1, 0.15) is 28.6 Å². The lowest BCUT2D eigenvalue weighted by Gasteiger charge is -2.57. The molecule has 2 aliphatic carbocycles. The molecule has 2 aromatic carbocycles. The summed E-state index contributed by atoms with van der Waals surface area (Å²) in [5, 5.41) is 12.5. The van der Waals surface area contributed by atoms with E-state index < -0.39 is 31.6 Å². The predicted molar refractivity (Wildman–Crippen MR) is 261 cm³/mol. The maximum Gasteiger partial charge on any atom is 0.291 e. The van der Waals surface area contributed by atoms with Crippen molar-refractivity contribution < 1.29 is 32.3 Å². The zero-order valence-corrected chi connectivity index (χ0v) is 40.9. The summed E-state index contributed by atoms with van der Waals surface area (Å²) < 4.78 is 48.4. The second-order valence-corrected chi connectivity index (χ2v) is 23.7. The number of nitrogens with one attached hydrogen (secondary N) is 2. The van der Waals surface area contributed by atoms with E-state index in [1.165, 1.54) is 29.1 Å². The van der Waals surface area contributed by atoms with Gasteiger partial charge in [0, 0.05) is 54.3 Å². The second kappa shape index (κ2) is 18.6. The Kier molecular flexibility index (Phi) is 12.7. The highest BCUT2D eigenvalue weighted by atomic mass is 32.2. The number of nitrogens with zero attached hydrogens (tertiary/aromatic N) is 5. The molecule has 3 aromatic heterocycles. The number of benzene rings is 2. The first kappa shape index (κ1) is 46.5. The van der Waals surface area contributed by atoms with Gasteiger partial charge in [-0.25, -0.2) is 9.71 Å². The Balaban J connectivity index is 0.847. The molecule has 5 aliphatic rings. The Morgan fingerprint density at radius 2 is 1.81 bits per heavy atom. The van der Waals surface area contributed by atoms with Gasteiger partial charge in [-0.15, -0.1) is 11.8 Å². The number of aromatic amines is 1. The third-order valence-electron chi connectivity index (χ3n) is 15.3. The summed E-state index contributed by atoms with van der Waals surface area (Å²) in [5.41, 5.74) is 4.37. The zero-order valence-electron chi connectivity index (χ0n) is 39.2. The van der Waals surface area contributed by atoms with Crippen molar-refractivity contribution in [1.82, 2.24) is 24.6 Å². The van der Waals surface area contributed by atoms with Crippen LogP contribution < -0.4 is 19.1 Å². The molecule has 4 fully saturated rings. The Bertz CT molecular complexity index is 2810. The standard InChI is InChI=1S/C51H61N7O8S2/c1-32(2)39-7-5-6-8-40(39)43-31-64-22-21-57(43)36-27-51(28-36)16-19-56(20-17-51)35-9-10-41(44(25-35)66-37-24-34-13-18-52-47(34)53-29-37)48(59)55-68(62,63)45-26-42(58(60)61)46-49(54-45)65-30-38(67-46)23-33-11-14-50(3,4)15-12-33/h5-10,13,18,24-26,29,32-33,36,38,43H,11-12,14-17,19-23,27-28,30-31H2,1-4H3,(H,52,53)(H,55,59)/t38-,43+/m0/s1. The average molecular weight is 964 g/mol. The molecule has 68 heavy (non-hydrogen) atoms. The summed E-state index contributed by atoms with van der Waals surface area (Å²) >= 11 is 1.32. The van der Waals surface area contributed by atoms with E-state index in [2.05, 4.69) is 81.4 Å². The summed E-state index contributed by atoms with van der Waals surface area (Å²) in [7, 11) is -4.73. The molecule has 2 saturated carbocycles. The molecule has 0 radical (unpaired) electrons. The number of thioether (sulfide) groups is 1. The monoisotopic (exact) mass is 963 g/mol. The maximum atomic E-state index is 14.1. The van der Waals surface area contributed by atoms with E-state index in [1.54, 1.807) is 24.4 Å². The van der Waals surface area contributed by atoms with Crippen LogP contribution in [0.4, 0.5) is 11.4 Å². The van der Waals surface area contributed by atoms with Crippen LogP contribution in [-0.2, 0) is 14.8 Å². The summed E-state index contributed by atoms with van der Waals surface area (Å²) in [4.78, 5) is 42.9. The first-order chi connectivity index (χ1) is 32.6. The quantitative estimate of drug-likeness (QED) is 0.0891. The predicted octanol–water partition coefficient (Wildman–Crippen LogP) is 10.2. The van der Waals surface area contributed by atoms with Gasteiger partial charge in [0.2, 0.25) is 5.88 Å². The lowest BCUT2D eigenvalue weighted by Crippen LogP contribution is -2.58. The minimum absolute atomic E-state index is 0.0328. The van der Waals surface area contributed by atoms with Crippen molar-refractivity contribution in [2.45, 2.75) is 119 Å². The fourth-order valence-electron chi connectivity index (χ4n) is 11.3. The smallest absolute Gasteiger partial charge is 0.291 e. The summed E-state index contributed by atoms with van der Waals surface area (Å²) in [6, 6.07) is 19.3. The molecule has 15 nitrogen and oxygen atoms in total. The lowest BCUT2D eigenvalue weighted by molar-refractivity contribution is -0.388. The molecule has 2 atom stereocenters. The topological polar surface area (TPSA) is 182 Å². The van der Waals surface area contributed by atoms with Gasteiger partial charge in [-0.1, -0.05) is 52.0 Å². The van der Waals surface area contributed by atoms with Crippen molar-refractivity contribution in [3.05, 3.63) is 99.9 Å². The van der Waals surface area contributed by atoms with Crippen LogP contribution in [0, 0.1) is 26.9 Å². The number of sulfonamides is 1. The molecule has 2 saturated heterocycles. The molecular weight excluding hydrogens is 903 g/mol. The van der Waals surface area contributed by atoms with Gasteiger partial charge in [0.25, 0.3) is 21.6 Å². The Hall–Kier alpha value is -5.23. The van der Waals surface area contributed by atoms with Crippen LogP contribution >= 0.6 is 11.8 Å². The zero-order chi connectivity index (χ0) is 47.4. The number of nitro groups is 1. The van der Waals surface area contributed by atoms with E-state index in [1.807, 2.05) is 12.1 Å². The molecule has 10 rings (SSSR count). The minimum Gasteiger partial charge on any atom is -0.475 e. The SMILES string of the molecule is CC(C)c1ccccc1[C@H]1COCCN1C1CC2(CCN(c3ccc(C(=O)NS(=O)(=O)c4cc([N+](=O)[O-])c5c(n4)OC[C@H](CC4CCC(C)(C)CC4)S5)c(Oc4cnc5[nH]ccc5c4)c3)CC2)C1. The molecule has 0 unspecified atom stereocenters. The number of pyridine rings is 2. The number of ether oxygens (including phenoxy) is 3. The van der Waals surface area contributed by atoms with Crippen molar-refractivity contribution in [1.29, 1.82) is 0 Å². The van der Waals surface area contributed by atoms with E-state index >= 15 is 0 Å². The fraction of sp³-hybridized carbons (Fsp3) is 0.510. The van der Waals surface area contributed by atoms with Crippen molar-refractivity contribution in [2.75, 3.05) is 44.4 Å². The number of rotatable bonds is 12. The Morgan fingerprint density at radius 3 is 2.57 bits per heavy atom. The van der Waals surface area contributed by atoms with Crippen LogP contribution in [0.5, 0.6) is 17.4 Å². The number of carbonyl (C=O) groups is 1. The largest absolute Gasteiger partial charge is 0.475 e. The molecule has 5 aromatic rings. The summed E-state index contributed by atoms with van der Waals surface area (Å²) in [6.07, 6.45) is 12.9. The average Bonchev–Trinajstić information content (AvgIpc) is 3.79. The van der Waals surface area contributed by atoms with Gasteiger partial charge < -0.3 is 24.1 Å². The molecule has 17 heteroatoms. The Morgan fingerprint density at radius 1 is 1.03 bits per heavy atom. The number of aromatic nitrogens is 3. The molecule has 1 amide bonds. The van der Waals surface area contributed by atoms with Crippen LogP contribution in [0.25, 0.3) is 11.0 Å². The lowest BCUT2D eigenvalue weighted by atomic mass is 9.59. The van der Waals surface area contributed by atoms with E-state index in [-0.39, 0.29) is 45.4 Å². The van der Waals surface area contributed by atoms with Crippen molar-refractivity contribution in [2.24, 2.45) is 16.7 Å². The van der Waals surface area contributed by atoms with E-state index in [0.717, 1.165) is 101 Å². The number of piperidine rings is 1. The van der Waals surface area contributed by atoms with Gasteiger partial charge in [0.05, 0.1) is 42.0 Å². The van der Waals surface area contributed by atoms with Crippen molar-refractivity contribution in [3.8, 4) is 17.4 Å². The van der Waals surface area contributed by atoms with Crippen molar-refractivity contribution in [3.63, 3.8) is 0 Å². The third kappa shape index (κ3) is 9.55. The number of hydrogen-bond acceptors (Lipinski definition) is 13. The minimum atomic E-state index is -4.73. The van der Waals surface area contributed by atoms with Crippen LogP contribution in [0.15, 0.2) is 83.0 Å². The van der Waals surface area contributed by atoms with Gasteiger partial charge in [0.15, 0.2) is 5.03 Å². The number of fused-ring (bicyclic) bond motifs is 2. The molecule has 6 heterocycles. The van der Waals surface area contributed by atoms with E-state index in [4.69, 9.17) is 14.2 Å². The Labute approximate surface area is 402 Å². The molecule has 1 spiro atoms. The normalized spacial score (nSPS) is 22.1. The first-order valence-electron chi connectivity index (χ1n) is 24.1. The highest BCUT2D eigenvalue weighted by molar-refractivity contribution is 8.00. The van der Waals surface area contributed by atoms with Crippen LogP contribution in [0.2, 0.25) is 0 Å². The van der Waals surface area contributed by atoms with E-state index in [0.29, 0.717) is 41.3 Å². The van der Waals surface area contributed by atoms with Crippen LogP contribution in [0.3, 0.4) is 0 Å². The summed E-state index contributed by atoms with van der Waals surface area (Å²) in [5.74, 6) is 0.304. The van der Waals surface area contributed by atoms with Gasteiger partial charge in [-0.2, -0.15) is 13.4 Å². The second-order valence-electron chi connectivity index (χ2n) is 20.7. The highest BCUT2D eigenvalue weighted by Crippen LogP contribution is 2.54. The molecule has 3 aliphatic heterocycles. The number of amides is 1. The molecule has 360 valence electrons. The van der Waals surface area contributed by atoms with Crippen LogP contribution in [0.1, 0.15) is 119 Å². The number of H-pyrrole nitrogens is 1. The molecule has 0 bridgehead atoms. The van der Waals surface area contributed by atoms with Gasteiger partial charge >= 0.3 is 0 Å². The first-order valence-corrected chi connectivity index (χ1v) is 26.5. The number of morpholine rings is 1. The van der Waals surface area contributed by atoms with Crippen LogP contribution in [-0.4, -0.2) is 89.8 Å². The third-order valence-corrected chi connectivity index (χ3v) is 17.8. The number of anilines is 1. The maximum absolute atomic E-state index is 14.1. The fourth-order valence-corrected chi connectivity index (χ4v) is 13.5. The number of carbonyl (C=O) groups excluding carboxylic acids is 1. The molecule has 2 N–H and O–H groups in total. The summed E-state index contributed by atoms with van der Waals surface area (Å²) in [6.45, 7) is 13.3.